The molecule has 1 heterocycles. The molecule has 0 aliphatic carbocycles. The number of rotatable bonds is 2. The molecule has 27 heavy (non-hydrogen) atoms. The van der Waals surface area contributed by atoms with E-state index >= 15 is 0 Å². The van der Waals surface area contributed by atoms with Crippen LogP contribution in [-0.4, -0.2) is 8.07 Å². The highest BCUT2D eigenvalue weighted by molar-refractivity contribution is 7.13. The quantitative estimate of drug-likeness (QED) is 0.424. The largest absolute Gasteiger partial charge is 0.147 e. The fraction of sp³-hybridized carbons (Fsp3) is 0.0400. The summed E-state index contributed by atoms with van der Waals surface area (Å²) in [5.41, 5.74) is 5.25. The minimum absolute atomic E-state index is 0.774. The van der Waals surface area contributed by atoms with Gasteiger partial charge >= 0.3 is 0 Å². The lowest BCUT2D eigenvalue weighted by Gasteiger charge is -2.26. The zero-order valence-corrected chi connectivity index (χ0v) is 16.9. The average Bonchev–Trinajstić information content (AvgIpc) is 2.99. The van der Waals surface area contributed by atoms with Gasteiger partial charge in [-0.3, -0.25) is 0 Å². The maximum Gasteiger partial charge on any atom is 0.147 e. The van der Waals surface area contributed by atoms with E-state index in [0.717, 1.165) is 5.02 Å². The SMILES string of the molecule is C[Si]1(c2ccccc2)c2ccccc2-c2ccc(-c3ccc(Cl)cc3)cc21. The van der Waals surface area contributed by atoms with E-state index in [-0.39, 0.29) is 0 Å². The molecule has 0 fully saturated rings. The van der Waals surface area contributed by atoms with Crippen molar-refractivity contribution in [2.75, 3.05) is 0 Å². The predicted molar refractivity (Wildman–Crippen MR) is 119 cm³/mol. The maximum atomic E-state index is 6.09. The lowest BCUT2D eigenvalue weighted by Crippen LogP contribution is -2.62. The van der Waals surface area contributed by atoms with Crippen molar-refractivity contribution in [1.82, 2.24) is 0 Å². The molecule has 0 saturated carbocycles. The van der Waals surface area contributed by atoms with Crippen LogP contribution in [0.2, 0.25) is 11.6 Å². The van der Waals surface area contributed by atoms with Crippen LogP contribution in [-0.2, 0) is 0 Å². The summed E-state index contributed by atoms with van der Waals surface area (Å²) in [6.07, 6.45) is 0. The number of hydrogen-bond donors (Lipinski definition) is 0. The molecule has 5 rings (SSSR count). The van der Waals surface area contributed by atoms with Gasteiger partial charge in [0.25, 0.3) is 0 Å². The van der Waals surface area contributed by atoms with Crippen LogP contribution in [0.5, 0.6) is 0 Å². The van der Waals surface area contributed by atoms with E-state index < -0.39 is 8.07 Å². The summed E-state index contributed by atoms with van der Waals surface area (Å²) in [5.74, 6) is 0. The summed E-state index contributed by atoms with van der Waals surface area (Å²) in [5, 5.41) is 5.25. The molecule has 0 bridgehead atoms. The molecule has 4 aromatic carbocycles. The molecule has 1 unspecified atom stereocenters. The van der Waals surface area contributed by atoms with Crippen LogP contribution in [0.15, 0.2) is 97.1 Å². The molecule has 0 spiro atoms. The second-order valence-corrected chi connectivity index (χ2v) is 11.6. The maximum absolute atomic E-state index is 6.09. The van der Waals surface area contributed by atoms with Gasteiger partial charge in [0.1, 0.15) is 8.07 Å². The second-order valence-electron chi connectivity index (χ2n) is 7.30. The molecule has 1 aliphatic rings. The number of hydrogen-bond acceptors (Lipinski definition) is 0. The Morgan fingerprint density at radius 1 is 0.593 bits per heavy atom. The molecular weight excluding hydrogens is 364 g/mol. The number of benzene rings is 4. The Hall–Kier alpha value is -2.61. The first kappa shape index (κ1) is 16.6. The highest BCUT2D eigenvalue weighted by Gasteiger charge is 2.42. The third kappa shape index (κ3) is 2.50. The van der Waals surface area contributed by atoms with Gasteiger partial charge in [-0.2, -0.15) is 0 Å². The van der Waals surface area contributed by atoms with Crippen molar-refractivity contribution in [3.63, 3.8) is 0 Å². The van der Waals surface area contributed by atoms with Crippen molar-refractivity contribution < 1.29 is 0 Å². The smallest absolute Gasteiger partial charge is 0.0843 e. The van der Waals surface area contributed by atoms with Gasteiger partial charge in [-0.05, 0) is 49.9 Å². The van der Waals surface area contributed by atoms with Gasteiger partial charge in [0.15, 0.2) is 0 Å². The second kappa shape index (κ2) is 6.23. The van der Waals surface area contributed by atoms with Crippen LogP contribution in [0, 0.1) is 0 Å². The van der Waals surface area contributed by atoms with Crippen LogP contribution >= 0.6 is 11.6 Å². The van der Waals surface area contributed by atoms with Gasteiger partial charge < -0.3 is 0 Å². The summed E-state index contributed by atoms with van der Waals surface area (Å²) >= 11 is 6.09. The van der Waals surface area contributed by atoms with E-state index in [1.807, 2.05) is 12.1 Å². The molecule has 2 heteroatoms. The normalized spacial score (nSPS) is 17.4. The molecule has 130 valence electrons. The Morgan fingerprint density at radius 2 is 1.22 bits per heavy atom. The van der Waals surface area contributed by atoms with Crippen LogP contribution < -0.4 is 15.6 Å². The minimum atomic E-state index is -2.00. The minimum Gasteiger partial charge on any atom is -0.0843 e. The zero-order chi connectivity index (χ0) is 18.4. The molecule has 0 saturated heterocycles. The Kier molecular flexibility index (Phi) is 3.82. The van der Waals surface area contributed by atoms with Crippen molar-refractivity contribution in [2.24, 2.45) is 0 Å². The molecule has 0 radical (unpaired) electrons. The third-order valence-corrected chi connectivity index (χ3v) is 10.6. The summed E-state index contributed by atoms with van der Waals surface area (Å²) < 4.78 is 0. The van der Waals surface area contributed by atoms with E-state index in [2.05, 4.69) is 91.5 Å². The lowest BCUT2D eigenvalue weighted by atomic mass is 10.0. The third-order valence-electron chi connectivity index (χ3n) is 5.84. The highest BCUT2D eigenvalue weighted by atomic mass is 35.5. The Bertz CT molecular complexity index is 1130. The zero-order valence-electron chi connectivity index (χ0n) is 15.1. The first-order valence-electron chi connectivity index (χ1n) is 9.24. The van der Waals surface area contributed by atoms with E-state index in [1.165, 1.54) is 37.8 Å². The fourth-order valence-corrected chi connectivity index (χ4v) is 8.68. The Balaban J connectivity index is 1.77. The number of fused-ring (bicyclic) bond motifs is 3. The van der Waals surface area contributed by atoms with Gasteiger partial charge in [-0.1, -0.05) is 103 Å². The first-order chi connectivity index (χ1) is 13.2. The van der Waals surface area contributed by atoms with Crippen LogP contribution in [0.3, 0.4) is 0 Å². The monoisotopic (exact) mass is 382 g/mol. The van der Waals surface area contributed by atoms with E-state index in [9.17, 15) is 0 Å². The Morgan fingerprint density at radius 3 is 2.00 bits per heavy atom. The first-order valence-corrected chi connectivity index (χ1v) is 12.1. The molecule has 1 atom stereocenters. The standard InChI is InChI=1S/C25H19ClSi/c1-27(21-7-3-2-4-8-21)24-10-6-5-9-22(24)23-16-13-19(17-25(23)27)18-11-14-20(26)15-12-18/h2-17H,1H3. The molecule has 0 nitrogen and oxygen atoms in total. The van der Waals surface area contributed by atoms with Crippen molar-refractivity contribution in [2.45, 2.75) is 6.55 Å². The van der Waals surface area contributed by atoms with E-state index in [1.54, 1.807) is 0 Å². The average molecular weight is 383 g/mol. The predicted octanol–water partition coefficient (Wildman–Crippen LogP) is 5.09. The summed E-state index contributed by atoms with van der Waals surface area (Å²) in [4.78, 5) is 0. The number of halogens is 1. The molecule has 1 aliphatic heterocycles. The van der Waals surface area contributed by atoms with Gasteiger partial charge in [-0.15, -0.1) is 0 Å². The van der Waals surface area contributed by atoms with Gasteiger partial charge in [0, 0.05) is 5.02 Å². The Labute approximate surface area is 166 Å². The van der Waals surface area contributed by atoms with Gasteiger partial charge in [0.2, 0.25) is 0 Å². The molecule has 4 aromatic rings. The molecular formula is C25H19ClSi. The van der Waals surface area contributed by atoms with Crippen molar-refractivity contribution >= 4 is 35.2 Å². The summed E-state index contributed by atoms with van der Waals surface area (Å²) in [6.45, 7) is 2.48. The summed E-state index contributed by atoms with van der Waals surface area (Å²) in [6, 6.07) is 35.1. The van der Waals surface area contributed by atoms with Crippen molar-refractivity contribution in [1.29, 1.82) is 0 Å². The van der Waals surface area contributed by atoms with Gasteiger partial charge in [0.05, 0.1) is 0 Å². The van der Waals surface area contributed by atoms with Crippen molar-refractivity contribution in [3.05, 3.63) is 102 Å². The molecule has 0 N–H and O–H groups in total. The van der Waals surface area contributed by atoms with Gasteiger partial charge in [-0.25, -0.2) is 0 Å². The molecule has 0 aromatic heterocycles. The van der Waals surface area contributed by atoms with Crippen LogP contribution in [0.4, 0.5) is 0 Å². The highest BCUT2D eigenvalue weighted by Crippen LogP contribution is 2.31. The van der Waals surface area contributed by atoms with Crippen LogP contribution in [0.25, 0.3) is 22.3 Å². The van der Waals surface area contributed by atoms with Crippen molar-refractivity contribution in [3.8, 4) is 22.3 Å². The molecule has 0 amide bonds. The van der Waals surface area contributed by atoms with Crippen LogP contribution in [0.1, 0.15) is 0 Å². The van der Waals surface area contributed by atoms with E-state index in [4.69, 9.17) is 11.6 Å². The fourth-order valence-electron chi connectivity index (χ4n) is 4.40. The topological polar surface area (TPSA) is 0 Å². The lowest BCUT2D eigenvalue weighted by molar-refractivity contribution is 1.63. The summed E-state index contributed by atoms with van der Waals surface area (Å²) in [7, 11) is -2.00. The van der Waals surface area contributed by atoms with E-state index in [0.29, 0.717) is 0 Å².